The van der Waals surface area contributed by atoms with Crippen LogP contribution in [-0.4, -0.2) is 0 Å². The van der Waals surface area contributed by atoms with Crippen molar-refractivity contribution in [3.05, 3.63) is 48.0 Å². The Balaban J connectivity index is 2.32. The summed E-state index contributed by atoms with van der Waals surface area (Å²) in [5.74, 6) is 6.12. The molecule has 0 aliphatic heterocycles. The number of hydrogen-bond acceptors (Lipinski definition) is 3. The molecule has 0 saturated heterocycles. The number of nitrogens with one attached hydrogen (secondary N) is 1. The molecule has 0 fully saturated rings. The number of benzene rings is 1. The number of unbranched alkanes of at least 4 members (excludes halogenated alkanes) is 1. The van der Waals surface area contributed by atoms with E-state index in [1.165, 1.54) is 12.1 Å². The highest BCUT2D eigenvalue weighted by molar-refractivity contribution is 5.82. The van der Waals surface area contributed by atoms with E-state index >= 15 is 0 Å². The lowest BCUT2D eigenvalue weighted by Crippen LogP contribution is -2.28. The molecule has 2 aromatic rings. The maximum absolute atomic E-state index is 13.3. The molecule has 2 rings (SSSR count). The zero-order valence-electron chi connectivity index (χ0n) is 11.1. The van der Waals surface area contributed by atoms with Crippen molar-refractivity contribution in [3.8, 4) is 0 Å². The lowest BCUT2D eigenvalue weighted by atomic mass is 10.0. The highest BCUT2D eigenvalue weighted by Gasteiger charge is 2.19. The molecular formula is C15H19FN2O. The van der Waals surface area contributed by atoms with Crippen LogP contribution in [0.2, 0.25) is 0 Å². The van der Waals surface area contributed by atoms with Crippen LogP contribution in [0.4, 0.5) is 4.39 Å². The highest BCUT2D eigenvalue weighted by Crippen LogP contribution is 2.31. The summed E-state index contributed by atoms with van der Waals surface area (Å²) in [7, 11) is 0. The zero-order chi connectivity index (χ0) is 13.8. The molecule has 0 spiro atoms. The Kier molecular flexibility index (Phi) is 4.35. The molecule has 0 aliphatic carbocycles. The quantitative estimate of drug-likeness (QED) is 0.361. The van der Waals surface area contributed by atoms with E-state index in [4.69, 9.17) is 10.3 Å². The molecule has 1 aromatic carbocycles. The van der Waals surface area contributed by atoms with Crippen molar-refractivity contribution < 1.29 is 8.81 Å². The van der Waals surface area contributed by atoms with Gasteiger partial charge < -0.3 is 4.42 Å². The van der Waals surface area contributed by atoms with E-state index in [1.807, 2.05) is 13.0 Å². The molecule has 1 heterocycles. The van der Waals surface area contributed by atoms with Gasteiger partial charge in [-0.3, -0.25) is 5.84 Å². The molecule has 4 heteroatoms. The topological polar surface area (TPSA) is 51.2 Å². The van der Waals surface area contributed by atoms with E-state index in [2.05, 4.69) is 12.0 Å². The molecule has 1 aromatic heterocycles. The van der Waals surface area contributed by atoms with E-state index in [-0.39, 0.29) is 11.9 Å². The van der Waals surface area contributed by atoms with Crippen molar-refractivity contribution in [1.29, 1.82) is 0 Å². The first kappa shape index (κ1) is 13.8. The first-order valence-electron chi connectivity index (χ1n) is 6.43. The van der Waals surface area contributed by atoms with E-state index in [1.54, 1.807) is 6.07 Å². The van der Waals surface area contributed by atoms with Crippen LogP contribution in [0.1, 0.15) is 36.6 Å². The SMILES string of the molecule is C=CCCCC(NN)c1oc2ccc(F)cc2c1C. The first-order chi connectivity index (χ1) is 9.17. The molecule has 3 nitrogen and oxygen atoms in total. The van der Waals surface area contributed by atoms with Crippen LogP contribution in [0.3, 0.4) is 0 Å². The monoisotopic (exact) mass is 262 g/mol. The van der Waals surface area contributed by atoms with Crippen LogP contribution >= 0.6 is 0 Å². The molecular weight excluding hydrogens is 243 g/mol. The number of rotatable bonds is 6. The molecule has 1 unspecified atom stereocenters. The van der Waals surface area contributed by atoms with Gasteiger partial charge in [0.2, 0.25) is 0 Å². The van der Waals surface area contributed by atoms with E-state index in [0.717, 1.165) is 36.0 Å². The van der Waals surface area contributed by atoms with Crippen molar-refractivity contribution in [2.45, 2.75) is 32.2 Å². The number of halogens is 1. The second kappa shape index (κ2) is 5.99. The average Bonchev–Trinajstić information content (AvgIpc) is 2.72. The Hall–Kier alpha value is -1.65. The Morgan fingerprint density at radius 3 is 3.00 bits per heavy atom. The molecule has 0 radical (unpaired) electrons. The normalized spacial score (nSPS) is 12.8. The molecule has 3 N–H and O–H groups in total. The third-order valence-corrected chi connectivity index (χ3v) is 3.35. The molecule has 1 atom stereocenters. The van der Waals surface area contributed by atoms with Gasteiger partial charge in [-0.15, -0.1) is 6.58 Å². The van der Waals surface area contributed by atoms with E-state index in [9.17, 15) is 4.39 Å². The van der Waals surface area contributed by atoms with Crippen LogP contribution in [0.15, 0.2) is 35.3 Å². The standard InChI is InChI=1S/C15H19FN2O/c1-3-4-5-6-13(18-17)15-10(2)12-9-11(16)7-8-14(12)19-15/h3,7-9,13,18H,1,4-6,17H2,2H3. The van der Waals surface area contributed by atoms with Crippen LogP contribution < -0.4 is 11.3 Å². The van der Waals surface area contributed by atoms with Crippen molar-refractivity contribution in [1.82, 2.24) is 5.43 Å². The largest absolute Gasteiger partial charge is 0.459 e. The fourth-order valence-corrected chi connectivity index (χ4v) is 2.30. The maximum Gasteiger partial charge on any atom is 0.134 e. The summed E-state index contributed by atoms with van der Waals surface area (Å²) in [4.78, 5) is 0. The first-order valence-corrected chi connectivity index (χ1v) is 6.43. The fourth-order valence-electron chi connectivity index (χ4n) is 2.30. The predicted molar refractivity (Wildman–Crippen MR) is 75.0 cm³/mol. The smallest absolute Gasteiger partial charge is 0.134 e. The highest BCUT2D eigenvalue weighted by atomic mass is 19.1. The maximum atomic E-state index is 13.3. The second-order valence-corrected chi connectivity index (χ2v) is 4.67. The summed E-state index contributed by atoms with van der Waals surface area (Å²) in [6.07, 6.45) is 4.65. The van der Waals surface area contributed by atoms with Crippen molar-refractivity contribution in [3.63, 3.8) is 0 Å². The van der Waals surface area contributed by atoms with Gasteiger partial charge >= 0.3 is 0 Å². The number of aryl methyl sites for hydroxylation is 1. The molecule has 0 saturated carbocycles. The van der Waals surface area contributed by atoms with Gasteiger partial charge in [0.15, 0.2) is 0 Å². The average molecular weight is 262 g/mol. The van der Waals surface area contributed by atoms with Crippen LogP contribution in [-0.2, 0) is 0 Å². The predicted octanol–water partition coefficient (Wildman–Crippen LogP) is 3.74. The van der Waals surface area contributed by atoms with Crippen LogP contribution in [0.25, 0.3) is 11.0 Å². The van der Waals surface area contributed by atoms with Crippen LogP contribution in [0.5, 0.6) is 0 Å². The minimum Gasteiger partial charge on any atom is -0.459 e. The Morgan fingerprint density at radius 1 is 1.53 bits per heavy atom. The summed E-state index contributed by atoms with van der Waals surface area (Å²) in [5, 5.41) is 0.805. The molecule has 19 heavy (non-hydrogen) atoms. The van der Waals surface area contributed by atoms with Crippen molar-refractivity contribution >= 4 is 11.0 Å². The van der Waals surface area contributed by atoms with Gasteiger partial charge in [-0.1, -0.05) is 6.08 Å². The Morgan fingerprint density at radius 2 is 2.32 bits per heavy atom. The van der Waals surface area contributed by atoms with Gasteiger partial charge in [-0.25, -0.2) is 9.82 Å². The van der Waals surface area contributed by atoms with Crippen molar-refractivity contribution in [2.75, 3.05) is 0 Å². The summed E-state index contributed by atoms with van der Waals surface area (Å²) in [6, 6.07) is 4.49. The summed E-state index contributed by atoms with van der Waals surface area (Å²) >= 11 is 0. The van der Waals surface area contributed by atoms with Gasteiger partial charge in [0.1, 0.15) is 17.2 Å². The minimum atomic E-state index is -0.258. The number of hydrazine groups is 1. The molecule has 102 valence electrons. The number of allylic oxidation sites excluding steroid dienone is 1. The van der Waals surface area contributed by atoms with Gasteiger partial charge in [0.25, 0.3) is 0 Å². The Labute approximate surface area is 112 Å². The lowest BCUT2D eigenvalue weighted by Gasteiger charge is -2.13. The lowest BCUT2D eigenvalue weighted by molar-refractivity contribution is 0.407. The second-order valence-electron chi connectivity index (χ2n) is 4.67. The summed E-state index contributed by atoms with van der Waals surface area (Å²) in [6.45, 7) is 5.63. The van der Waals surface area contributed by atoms with E-state index in [0.29, 0.717) is 5.58 Å². The van der Waals surface area contributed by atoms with Gasteiger partial charge in [-0.2, -0.15) is 0 Å². The zero-order valence-corrected chi connectivity index (χ0v) is 11.1. The van der Waals surface area contributed by atoms with Gasteiger partial charge in [0.05, 0.1) is 6.04 Å². The number of nitrogens with two attached hydrogens (primary N) is 1. The third kappa shape index (κ3) is 2.85. The van der Waals surface area contributed by atoms with Gasteiger partial charge in [-0.05, 0) is 44.4 Å². The van der Waals surface area contributed by atoms with Gasteiger partial charge in [0, 0.05) is 10.9 Å². The number of hydrogen-bond donors (Lipinski definition) is 2. The third-order valence-electron chi connectivity index (χ3n) is 3.35. The molecule has 0 aliphatic rings. The summed E-state index contributed by atoms with van der Waals surface area (Å²) < 4.78 is 19.1. The molecule has 0 amide bonds. The fraction of sp³-hybridized carbons (Fsp3) is 0.333. The Bertz CT molecular complexity index is 577. The summed E-state index contributed by atoms with van der Waals surface area (Å²) in [5.41, 5.74) is 4.41. The minimum absolute atomic E-state index is 0.0598. The number of furan rings is 1. The van der Waals surface area contributed by atoms with Crippen molar-refractivity contribution in [2.24, 2.45) is 5.84 Å². The number of fused-ring (bicyclic) bond motifs is 1. The van der Waals surface area contributed by atoms with Crippen LogP contribution in [0, 0.1) is 12.7 Å². The van der Waals surface area contributed by atoms with E-state index < -0.39 is 0 Å². The molecule has 0 bridgehead atoms.